The minimum atomic E-state index is -1.43. The Kier molecular flexibility index (Phi) is 4.87. The number of nitrogens with one attached hydrogen (secondary N) is 1. The molecule has 0 spiro atoms. The van der Waals surface area contributed by atoms with Crippen molar-refractivity contribution >= 4 is 0 Å². The van der Waals surface area contributed by atoms with Crippen LogP contribution >= 0.6 is 0 Å². The van der Waals surface area contributed by atoms with E-state index in [2.05, 4.69) is 31.2 Å². The van der Waals surface area contributed by atoms with E-state index in [1.165, 1.54) is 13.0 Å². The highest BCUT2D eigenvalue weighted by Crippen LogP contribution is 2.23. The van der Waals surface area contributed by atoms with E-state index in [0.29, 0.717) is 6.54 Å². The molecule has 0 radical (unpaired) electrons. The molecule has 0 bridgehead atoms. The number of benzene rings is 1. The first-order chi connectivity index (χ1) is 10.6. The van der Waals surface area contributed by atoms with Crippen molar-refractivity contribution in [2.45, 2.75) is 45.4 Å². The summed E-state index contributed by atoms with van der Waals surface area (Å²) in [6.45, 7) is 8.29. The fraction of sp³-hybridized carbons (Fsp3) is 0.471. The highest BCUT2D eigenvalue weighted by atomic mass is 19.1. The largest absolute Gasteiger partial charge is 0.384 e. The minimum absolute atomic E-state index is 0.0665. The van der Waals surface area contributed by atoms with E-state index in [-0.39, 0.29) is 17.6 Å². The fourth-order valence-electron chi connectivity index (χ4n) is 2.29. The summed E-state index contributed by atoms with van der Waals surface area (Å²) in [5.74, 6) is -1.41. The van der Waals surface area contributed by atoms with Gasteiger partial charge in [-0.25, -0.2) is 8.78 Å². The molecule has 0 fully saturated rings. The van der Waals surface area contributed by atoms with Crippen molar-refractivity contribution in [1.29, 1.82) is 0 Å². The molecule has 1 aromatic heterocycles. The number of halogens is 2. The Morgan fingerprint density at radius 3 is 2.48 bits per heavy atom. The predicted molar refractivity (Wildman–Crippen MR) is 84.9 cm³/mol. The molecule has 23 heavy (non-hydrogen) atoms. The van der Waals surface area contributed by atoms with E-state index in [1.54, 1.807) is 6.20 Å². The van der Waals surface area contributed by atoms with Crippen LogP contribution in [0.4, 0.5) is 8.78 Å². The second-order valence-corrected chi connectivity index (χ2v) is 6.97. The Morgan fingerprint density at radius 1 is 1.22 bits per heavy atom. The maximum atomic E-state index is 13.8. The molecule has 0 saturated carbocycles. The van der Waals surface area contributed by atoms with Gasteiger partial charge in [-0.05, 0) is 33.8 Å². The Morgan fingerprint density at radius 2 is 1.91 bits per heavy atom. The van der Waals surface area contributed by atoms with Crippen LogP contribution in [-0.2, 0) is 17.7 Å². The second kappa shape index (κ2) is 6.37. The van der Waals surface area contributed by atoms with Crippen molar-refractivity contribution in [2.24, 2.45) is 0 Å². The van der Waals surface area contributed by atoms with Crippen LogP contribution in [0.1, 0.15) is 38.8 Å². The Hall–Kier alpha value is -1.79. The molecule has 1 unspecified atom stereocenters. The summed E-state index contributed by atoms with van der Waals surface area (Å²) in [5, 5.41) is 17.8. The molecule has 1 heterocycles. The lowest BCUT2D eigenvalue weighted by Crippen LogP contribution is -2.36. The SMILES string of the molecule is CC(O)(CNCc1cnn(C(C)(C)C)c1)c1ccc(F)cc1F. The van der Waals surface area contributed by atoms with E-state index < -0.39 is 17.2 Å². The van der Waals surface area contributed by atoms with E-state index in [9.17, 15) is 13.9 Å². The van der Waals surface area contributed by atoms with Gasteiger partial charge in [-0.2, -0.15) is 5.10 Å². The molecule has 2 N–H and O–H groups in total. The Balaban J connectivity index is 1.98. The Bertz CT molecular complexity index is 675. The average Bonchev–Trinajstić information content (AvgIpc) is 2.86. The first-order valence-corrected chi connectivity index (χ1v) is 7.52. The fourth-order valence-corrected chi connectivity index (χ4v) is 2.29. The van der Waals surface area contributed by atoms with Crippen LogP contribution in [0.3, 0.4) is 0 Å². The summed E-state index contributed by atoms with van der Waals surface area (Å²) in [4.78, 5) is 0. The molecule has 0 aliphatic carbocycles. The van der Waals surface area contributed by atoms with Gasteiger partial charge in [0, 0.05) is 36.5 Å². The predicted octanol–water partition coefficient (Wildman–Crippen LogP) is 2.91. The zero-order chi connectivity index (χ0) is 17.3. The van der Waals surface area contributed by atoms with Crippen LogP contribution in [0.15, 0.2) is 30.6 Å². The van der Waals surface area contributed by atoms with Gasteiger partial charge in [-0.15, -0.1) is 0 Å². The second-order valence-electron chi connectivity index (χ2n) is 6.97. The third-order valence-electron chi connectivity index (χ3n) is 3.63. The van der Waals surface area contributed by atoms with Crippen LogP contribution < -0.4 is 5.32 Å². The number of nitrogens with zero attached hydrogens (tertiary/aromatic N) is 2. The van der Waals surface area contributed by atoms with Crippen molar-refractivity contribution in [2.75, 3.05) is 6.54 Å². The maximum absolute atomic E-state index is 13.8. The van der Waals surface area contributed by atoms with Gasteiger partial charge in [0.2, 0.25) is 0 Å². The zero-order valence-corrected chi connectivity index (χ0v) is 13.9. The first-order valence-electron chi connectivity index (χ1n) is 7.52. The van der Waals surface area contributed by atoms with Gasteiger partial charge in [-0.1, -0.05) is 6.07 Å². The minimum Gasteiger partial charge on any atom is -0.384 e. The lowest BCUT2D eigenvalue weighted by atomic mass is 9.95. The normalized spacial score (nSPS) is 14.7. The third kappa shape index (κ3) is 4.36. The molecule has 0 aliphatic heterocycles. The molecule has 1 atom stereocenters. The van der Waals surface area contributed by atoms with Crippen molar-refractivity contribution in [1.82, 2.24) is 15.1 Å². The van der Waals surface area contributed by atoms with Crippen molar-refractivity contribution in [3.05, 3.63) is 53.4 Å². The zero-order valence-electron chi connectivity index (χ0n) is 13.9. The van der Waals surface area contributed by atoms with E-state index >= 15 is 0 Å². The molecular formula is C17H23F2N3O. The highest BCUT2D eigenvalue weighted by molar-refractivity contribution is 5.25. The summed E-state index contributed by atoms with van der Waals surface area (Å²) >= 11 is 0. The molecule has 2 aromatic rings. The van der Waals surface area contributed by atoms with E-state index in [0.717, 1.165) is 17.7 Å². The molecule has 0 saturated heterocycles. The van der Waals surface area contributed by atoms with Crippen LogP contribution in [0.2, 0.25) is 0 Å². The number of aliphatic hydroxyl groups is 1. The standard InChI is InChI=1S/C17H23F2N3O/c1-16(2,3)22-10-12(9-21-22)8-20-11-17(4,23)14-6-5-13(18)7-15(14)19/h5-7,9-10,20,23H,8,11H2,1-4H3. The number of aromatic nitrogens is 2. The quantitative estimate of drug-likeness (QED) is 0.889. The number of hydrogen-bond donors (Lipinski definition) is 2. The van der Waals surface area contributed by atoms with Crippen LogP contribution in [-0.4, -0.2) is 21.4 Å². The summed E-state index contributed by atoms with van der Waals surface area (Å²) in [6.07, 6.45) is 3.69. The van der Waals surface area contributed by atoms with Gasteiger partial charge in [0.25, 0.3) is 0 Å². The van der Waals surface area contributed by atoms with Crippen molar-refractivity contribution in [3.63, 3.8) is 0 Å². The maximum Gasteiger partial charge on any atom is 0.132 e. The molecule has 126 valence electrons. The van der Waals surface area contributed by atoms with Crippen LogP contribution in [0.5, 0.6) is 0 Å². The Labute approximate surface area is 135 Å². The molecule has 0 amide bonds. The van der Waals surface area contributed by atoms with Gasteiger partial charge < -0.3 is 10.4 Å². The summed E-state index contributed by atoms with van der Waals surface area (Å²) in [6, 6.07) is 3.18. The third-order valence-corrected chi connectivity index (χ3v) is 3.63. The van der Waals surface area contributed by atoms with E-state index in [1.807, 2.05) is 10.9 Å². The van der Waals surface area contributed by atoms with Gasteiger partial charge in [0.05, 0.1) is 11.7 Å². The monoisotopic (exact) mass is 323 g/mol. The lowest BCUT2D eigenvalue weighted by Gasteiger charge is -2.24. The summed E-state index contributed by atoms with van der Waals surface area (Å²) in [7, 11) is 0. The molecule has 4 nitrogen and oxygen atoms in total. The van der Waals surface area contributed by atoms with Crippen molar-refractivity contribution < 1.29 is 13.9 Å². The van der Waals surface area contributed by atoms with Gasteiger partial charge in [0.15, 0.2) is 0 Å². The molecule has 1 aromatic carbocycles. The smallest absolute Gasteiger partial charge is 0.132 e. The summed E-state index contributed by atoms with van der Waals surface area (Å²) in [5.41, 5.74) is -0.495. The van der Waals surface area contributed by atoms with Gasteiger partial charge >= 0.3 is 0 Å². The molecular weight excluding hydrogens is 300 g/mol. The van der Waals surface area contributed by atoms with Crippen LogP contribution in [0, 0.1) is 11.6 Å². The molecule has 0 aliphatic rings. The van der Waals surface area contributed by atoms with Gasteiger partial charge in [-0.3, -0.25) is 4.68 Å². The number of rotatable bonds is 5. The summed E-state index contributed by atoms with van der Waals surface area (Å²) < 4.78 is 28.6. The lowest BCUT2D eigenvalue weighted by molar-refractivity contribution is 0.0528. The van der Waals surface area contributed by atoms with E-state index in [4.69, 9.17) is 0 Å². The number of hydrogen-bond acceptors (Lipinski definition) is 3. The van der Waals surface area contributed by atoms with Gasteiger partial charge in [0.1, 0.15) is 17.2 Å². The average molecular weight is 323 g/mol. The highest BCUT2D eigenvalue weighted by Gasteiger charge is 2.26. The van der Waals surface area contributed by atoms with Crippen molar-refractivity contribution in [3.8, 4) is 0 Å². The molecule has 2 rings (SSSR count). The topological polar surface area (TPSA) is 50.1 Å². The molecule has 6 heteroatoms. The van der Waals surface area contributed by atoms with Crippen LogP contribution in [0.25, 0.3) is 0 Å². The first kappa shape index (κ1) is 17.6.